The summed E-state index contributed by atoms with van der Waals surface area (Å²) in [6, 6.07) is 0. The Morgan fingerprint density at radius 2 is 1.94 bits per heavy atom. The molecule has 0 saturated carbocycles. The molecule has 0 unspecified atom stereocenters. The Morgan fingerprint density at radius 3 is 2.31 bits per heavy atom. The molecule has 1 aromatic rings. The van der Waals surface area contributed by atoms with Gasteiger partial charge in [-0.05, 0) is 27.7 Å². The average molecular weight is 225 g/mol. The van der Waals surface area contributed by atoms with Crippen LogP contribution in [0.2, 0.25) is 0 Å². The summed E-state index contributed by atoms with van der Waals surface area (Å²) < 4.78 is 7.05. The van der Waals surface area contributed by atoms with E-state index in [0.717, 1.165) is 11.4 Å². The minimum atomic E-state index is -0.316. The normalized spacial score (nSPS) is 10.3. The van der Waals surface area contributed by atoms with Crippen molar-refractivity contribution >= 4 is 6.09 Å². The molecule has 1 heterocycles. The van der Waals surface area contributed by atoms with E-state index >= 15 is 0 Å². The second-order valence-corrected chi connectivity index (χ2v) is 3.66. The van der Waals surface area contributed by atoms with Crippen LogP contribution in [0, 0.1) is 13.8 Å². The molecule has 0 aromatic carbocycles. The molecule has 1 rings (SSSR count). The highest BCUT2D eigenvalue weighted by Gasteiger charge is 2.17. The van der Waals surface area contributed by atoms with Gasteiger partial charge < -0.3 is 9.64 Å². The third-order valence-corrected chi connectivity index (χ3v) is 2.65. The Bertz CT molecular complexity index is 381. The Kier molecular flexibility index (Phi) is 3.93. The van der Waals surface area contributed by atoms with Gasteiger partial charge in [-0.25, -0.2) is 4.79 Å². The van der Waals surface area contributed by atoms with Gasteiger partial charge in [0.25, 0.3) is 0 Å². The predicted molar refractivity (Wildman–Crippen MR) is 61.6 cm³/mol. The first-order chi connectivity index (χ1) is 7.51. The molecule has 0 aliphatic heterocycles. The second kappa shape index (κ2) is 5.01. The van der Waals surface area contributed by atoms with Gasteiger partial charge in [0.05, 0.1) is 5.69 Å². The zero-order valence-electron chi connectivity index (χ0n) is 10.6. The quantitative estimate of drug-likeness (QED) is 0.789. The number of carbonyl (C=O) groups excluding carboxylic acids is 1. The van der Waals surface area contributed by atoms with Crippen molar-refractivity contribution in [2.45, 2.75) is 27.7 Å². The molecule has 0 bridgehead atoms. The number of hydrogen-bond acceptors (Lipinski definition) is 3. The molecule has 0 spiro atoms. The Labute approximate surface area is 96.0 Å². The first-order valence-electron chi connectivity index (χ1n) is 5.48. The van der Waals surface area contributed by atoms with Crippen molar-refractivity contribution in [1.82, 2.24) is 14.7 Å². The molecule has 0 fully saturated rings. The highest BCUT2D eigenvalue weighted by Crippen LogP contribution is 2.21. The van der Waals surface area contributed by atoms with Crippen LogP contribution in [0.15, 0.2) is 0 Å². The number of amides is 1. The predicted octanol–water partition coefficient (Wildman–Crippen LogP) is 1.88. The summed E-state index contributed by atoms with van der Waals surface area (Å²) >= 11 is 0. The zero-order valence-corrected chi connectivity index (χ0v) is 10.6. The van der Waals surface area contributed by atoms with Gasteiger partial charge in [0.15, 0.2) is 5.75 Å². The molecule has 0 radical (unpaired) electrons. The number of nitrogens with zero attached hydrogens (tertiary/aromatic N) is 3. The largest absolute Gasteiger partial charge is 0.415 e. The highest BCUT2D eigenvalue weighted by molar-refractivity contribution is 5.71. The molecule has 16 heavy (non-hydrogen) atoms. The van der Waals surface area contributed by atoms with Crippen LogP contribution in [0.25, 0.3) is 0 Å². The maximum Gasteiger partial charge on any atom is 0.415 e. The fourth-order valence-electron chi connectivity index (χ4n) is 1.54. The molecular weight excluding hydrogens is 206 g/mol. The van der Waals surface area contributed by atoms with E-state index in [4.69, 9.17) is 4.74 Å². The third kappa shape index (κ3) is 2.35. The number of ether oxygens (including phenoxy) is 1. The molecule has 0 atom stereocenters. The van der Waals surface area contributed by atoms with Crippen molar-refractivity contribution in [3.8, 4) is 5.75 Å². The SMILES string of the molecule is CCN(CC)C(=O)Oc1c(C)nn(C)c1C. The van der Waals surface area contributed by atoms with E-state index < -0.39 is 0 Å². The summed E-state index contributed by atoms with van der Waals surface area (Å²) in [4.78, 5) is 13.4. The summed E-state index contributed by atoms with van der Waals surface area (Å²) in [5.74, 6) is 0.569. The molecule has 5 nitrogen and oxygen atoms in total. The Morgan fingerprint density at radius 1 is 1.38 bits per heavy atom. The van der Waals surface area contributed by atoms with Crippen LogP contribution in [0.1, 0.15) is 25.2 Å². The Hall–Kier alpha value is -1.52. The first kappa shape index (κ1) is 12.5. The van der Waals surface area contributed by atoms with Gasteiger partial charge >= 0.3 is 6.09 Å². The van der Waals surface area contributed by atoms with E-state index in [9.17, 15) is 4.79 Å². The van der Waals surface area contributed by atoms with E-state index in [1.807, 2.05) is 34.7 Å². The molecule has 90 valence electrons. The van der Waals surface area contributed by atoms with Gasteiger partial charge in [-0.15, -0.1) is 0 Å². The fourth-order valence-corrected chi connectivity index (χ4v) is 1.54. The smallest absolute Gasteiger partial charge is 0.406 e. The van der Waals surface area contributed by atoms with Crippen molar-refractivity contribution in [1.29, 1.82) is 0 Å². The number of aryl methyl sites for hydroxylation is 2. The molecule has 0 aliphatic rings. The van der Waals surface area contributed by atoms with Gasteiger partial charge in [-0.3, -0.25) is 4.68 Å². The van der Waals surface area contributed by atoms with Crippen molar-refractivity contribution in [2.75, 3.05) is 13.1 Å². The minimum absolute atomic E-state index is 0.316. The van der Waals surface area contributed by atoms with Crippen LogP contribution in [0.4, 0.5) is 4.79 Å². The maximum absolute atomic E-state index is 11.8. The van der Waals surface area contributed by atoms with E-state index in [2.05, 4.69) is 5.10 Å². The van der Waals surface area contributed by atoms with Crippen LogP contribution >= 0.6 is 0 Å². The summed E-state index contributed by atoms with van der Waals surface area (Å²) in [5.41, 5.74) is 1.60. The second-order valence-electron chi connectivity index (χ2n) is 3.66. The Balaban J connectivity index is 2.84. The van der Waals surface area contributed by atoms with E-state index in [1.165, 1.54) is 0 Å². The summed E-state index contributed by atoms with van der Waals surface area (Å²) in [5, 5.41) is 4.20. The van der Waals surface area contributed by atoms with Crippen LogP contribution in [-0.2, 0) is 7.05 Å². The van der Waals surface area contributed by atoms with Crippen molar-refractivity contribution < 1.29 is 9.53 Å². The topological polar surface area (TPSA) is 47.4 Å². The van der Waals surface area contributed by atoms with Gasteiger partial charge in [0.1, 0.15) is 5.69 Å². The highest BCUT2D eigenvalue weighted by atomic mass is 16.6. The standard InChI is InChI=1S/C11H19N3O2/c1-6-14(7-2)11(15)16-10-8(3)12-13(5)9(10)4/h6-7H2,1-5H3. The van der Waals surface area contributed by atoms with Crippen LogP contribution < -0.4 is 4.74 Å². The number of hydrogen-bond donors (Lipinski definition) is 0. The van der Waals surface area contributed by atoms with Crippen LogP contribution in [-0.4, -0.2) is 33.9 Å². The van der Waals surface area contributed by atoms with Gasteiger partial charge in [0, 0.05) is 20.1 Å². The van der Waals surface area contributed by atoms with Crippen molar-refractivity contribution in [3.63, 3.8) is 0 Å². The number of rotatable bonds is 3. The monoisotopic (exact) mass is 225 g/mol. The van der Waals surface area contributed by atoms with Crippen LogP contribution in [0.5, 0.6) is 5.75 Å². The fraction of sp³-hybridized carbons (Fsp3) is 0.636. The van der Waals surface area contributed by atoms with Gasteiger partial charge in [-0.2, -0.15) is 5.10 Å². The van der Waals surface area contributed by atoms with Crippen LogP contribution in [0.3, 0.4) is 0 Å². The summed E-state index contributed by atoms with van der Waals surface area (Å²) in [6.07, 6.45) is -0.316. The summed E-state index contributed by atoms with van der Waals surface area (Å²) in [6.45, 7) is 8.85. The van der Waals surface area contributed by atoms with Crippen molar-refractivity contribution in [2.24, 2.45) is 7.05 Å². The van der Waals surface area contributed by atoms with E-state index in [-0.39, 0.29) is 6.09 Å². The number of aromatic nitrogens is 2. The molecule has 1 amide bonds. The number of carbonyl (C=O) groups is 1. The third-order valence-electron chi connectivity index (χ3n) is 2.65. The zero-order chi connectivity index (χ0) is 12.3. The van der Waals surface area contributed by atoms with E-state index in [1.54, 1.807) is 9.58 Å². The lowest BCUT2D eigenvalue weighted by Crippen LogP contribution is -2.33. The van der Waals surface area contributed by atoms with Gasteiger partial charge in [0.2, 0.25) is 0 Å². The molecule has 0 aliphatic carbocycles. The molecule has 5 heteroatoms. The lowest BCUT2D eigenvalue weighted by Gasteiger charge is -2.17. The minimum Gasteiger partial charge on any atom is -0.406 e. The van der Waals surface area contributed by atoms with Gasteiger partial charge in [-0.1, -0.05) is 0 Å². The lowest BCUT2D eigenvalue weighted by atomic mass is 10.3. The summed E-state index contributed by atoms with van der Waals surface area (Å²) in [7, 11) is 1.83. The van der Waals surface area contributed by atoms with E-state index in [0.29, 0.717) is 18.8 Å². The van der Waals surface area contributed by atoms with Crippen molar-refractivity contribution in [3.05, 3.63) is 11.4 Å². The molecule has 1 aromatic heterocycles. The molecule has 0 N–H and O–H groups in total. The first-order valence-corrected chi connectivity index (χ1v) is 5.48. The maximum atomic E-state index is 11.8. The average Bonchev–Trinajstić information content (AvgIpc) is 2.47. The lowest BCUT2D eigenvalue weighted by molar-refractivity contribution is 0.156. The molecular formula is C11H19N3O2. The molecule has 0 saturated heterocycles.